The number of carbonyl (C=O) groups excluding carboxylic acids is 1. The van der Waals surface area contributed by atoms with Gasteiger partial charge in [0.2, 0.25) is 0 Å². The number of thioether (sulfide) groups is 1. The van der Waals surface area contributed by atoms with E-state index in [1.807, 2.05) is 24.8 Å². The van der Waals surface area contributed by atoms with E-state index in [4.69, 9.17) is 0 Å². The molecule has 1 N–H and O–H groups in total. The fourth-order valence-corrected chi connectivity index (χ4v) is 6.56. The number of aliphatic hydroxyl groups is 1. The summed E-state index contributed by atoms with van der Waals surface area (Å²) in [6.45, 7) is 6.44. The maximum absolute atomic E-state index is 12.7. The van der Waals surface area contributed by atoms with Gasteiger partial charge in [-0.2, -0.15) is 11.8 Å². The van der Waals surface area contributed by atoms with Crippen LogP contribution in [0.4, 0.5) is 0 Å². The quantitative estimate of drug-likeness (QED) is 0.825. The summed E-state index contributed by atoms with van der Waals surface area (Å²) in [5.74, 6) is 1.94. The summed E-state index contributed by atoms with van der Waals surface area (Å²) in [5.41, 5.74) is 1.24. The Labute approximate surface area is 144 Å². The summed E-state index contributed by atoms with van der Waals surface area (Å²) in [5, 5.41) is 10.1. The number of ketones is 1. The van der Waals surface area contributed by atoms with Crippen LogP contribution in [0.2, 0.25) is 0 Å². The van der Waals surface area contributed by atoms with E-state index in [9.17, 15) is 9.90 Å². The lowest BCUT2D eigenvalue weighted by Crippen LogP contribution is -2.38. The molecule has 2 fully saturated rings. The number of rotatable bonds is 6. The van der Waals surface area contributed by atoms with E-state index in [2.05, 4.69) is 38.1 Å². The predicted octanol–water partition coefficient (Wildman–Crippen LogP) is 4.63. The first-order valence-corrected chi connectivity index (χ1v) is 9.79. The summed E-state index contributed by atoms with van der Waals surface area (Å²) in [7, 11) is 0. The lowest BCUT2D eigenvalue weighted by molar-refractivity contribution is -0.127. The lowest BCUT2D eigenvalue weighted by Gasteiger charge is -2.37. The van der Waals surface area contributed by atoms with Gasteiger partial charge in [0.25, 0.3) is 0 Å². The molecule has 2 saturated carbocycles. The molecule has 3 rings (SSSR count). The van der Waals surface area contributed by atoms with Crippen molar-refractivity contribution >= 4 is 17.5 Å². The maximum atomic E-state index is 12.7. The molecule has 0 aliphatic heterocycles. The molecule has 0 saturated heterocycles. The molecular weight excluding hydrogens is 304 g/mol. The van der Waals surface area contributed by atoms with Crippen molar-refractivity contribution in [1.29, 1.82) is 0 Å². The molecule has 4 atom stereocenters. The third-order valence-electron chi connectivity index (χ3n) is 6.40. The number of hydrogen-bond acceptors (Lipinski definition) is 3. The minimum absolute atomic E-state index is 0.128. The number of aliphatic hydroxyl groups excluding tert-OH is 1. The highest BCUT2D eigenvalue weighted by Gasteiger charge is 2.63. The van der Waals surface area contributed by atoms with Gasteiger partial charge in [0, 0.05) is 22.8 Å². The van der Waals surface area contributed by atoms with Crippen LogP contribution >= 0.6 is 11.8 Å². The first-order valence-electron chi connectivity index (χ1n) is 8.75. The molecule has 3 heteroatoms. The zero-order valence-electron chi connectivity index (χ0n) is 14.4. The van der Waals surface area contributed by atoms with E-state index in [1.165, 1.54) is 12.0 Å². The fourth-order valence-electron chi connectivity index (χ4n) is 4.63. The Morgan fingerprint density at radius 2 is 2.00 bits per heavy atom. The Kier molecular flexibility index (Phi) is 4.63. The average molecular weight is 333 g/mol. The van der Waals surface area contributed by atoms with Gasteiger partial charge in [-0.3, -0.25) is 4.79 Å². The van der Waals surface area contributed by atoms with E-state index < -0.39 is 0 Å². The van der Waals surface area contributed by atoms with Gasteiger partial charge in [0.1, 0.15) is 5.78 Å². The molecule has 1 unspecified atom stereocenters. The van der Waals surface area contributed by atoms with Gasteiger partial charge in [0.05, 0.1) is 6.10 Å². The molecule has 2 bridgehead atoms. The molecule has 1 aromatic carbocycles. The first-order chi connectivity index (χ1) is 10.9. The molecule has 2 nitrogen and oxygen atoms in total. The van der Waals surface area contributed by atoms with Crippen molar-refractivity contribution in [3.05, 3.63) is 35.9 Å². The summed E-state index contributed by atoms with van der Waals surface area (Å²) in [6.07, 6.45) is 3.44. The fraction of sp³-hybridized carbons (Fsp3) is 0.650. The van der Waals surface area contributed by atoms with E-state index in [-0.39, 0.29) is 22.2 Å². The van der Waals surface area contributed by atoms with Crippen molar-refractivity contribution in [1.82, 2.24) is 0 Å². The number of Topliss-reactive ketones (excluding diaryl/α,β-unsaturated/α-hetero) is 1. The number of benzene rings is 1. The van der Waals surface area contributed by atoms with Crippen molar-refractivity contribution in [2.75, 3.05) is 5.75 Å². The number of carbonyl (C=O) groups is 1. The van der Waals surface area contributed by atoms with Gasteiger partial charge >= 0.3 is 0 Å². The van der Waals surface area contributed by atoms with Gasteiger partial charge < -0.3 is 5.11 Å². The van der Waals surface area contributed by atoms with Crippen LogP contribution in [0, 0.1) is 16.7 Å². The molecule has 0 aromatic heterocycles. The van der Waals surface area contributed by atoms with Gasteiger partial charge in [-0.05, 0) is 43.1 Å². The Morgan fingerprint density at radius 1 is 1.30 bits per heavy atom. The largest absolute Gasteiger partial charge is 0.393 e. The SMILES string of the molecule is C[C@H](O)CC(SC[C@@]12CC[C@@H](CC1=O)C2(C)C)c1ccccc1. The maximum Gasteiger partial charge on any atom is 0.140 e. The Bertz CT molecular complexity index is 566. The second-order valence-corrected chi connectivity index (χ2v) is 9.15. The van der Waals surface area contributed by atoms with Crippen molar-refractivity contribution in [2.24, 2.45) is 16.7 Å². The van der Waals surface area contributed by atoms with Crippen LogP contribution < -0.4 is 0 Å². The molecule has 0 amide bonds. The Balaban J connectivity index is 1.78. The van der Waals surface area contributed by atoms with Crippen LogP contribution in [0.5, 0.6) is 0 Å². The molecule has 126 valence electrons. The average Bonchev–Trinajstić information content (AvgIpc) is 2.86. The molecule has 0 spiro atoms. The minimum Gasteiger partial charge on any atom is -0.393 e. The molecule has 0 heterocycles. The van der Waals surface area contributed by atoms with Crippen LogP contribution in [0.3, 0.4) is 0 Å². The predicted molar refractivity (Wildman–Crippen MR) is 96.5 cm³/mol. The van der Waals surface area contributed by atoms with Crippen molar-refractivity contribution in [2.45, 2.75) is 57.8 Å². The van der Waals surface area contributed by atoms with E-state index >= 15 is 0 Å². The normalized spacial score (nSPS) is 31.3. The third-order valence-corrected chi connectivity index (χ3v) is 7.92. The molecule has 2 aliphatic rings. The number of fused-ring (bicyclic) bond motifs is 2. The minimum atomic E-state index is -0.325. The first kappa shape index (κ1) is 17.0. The summed E-state index contributed by atoms with van der Waals surface area (Å²) in [4.78, 5) is 12.7. The van der Waals surface area contributed by atoms with Gasteiger partial charge in [0.15, 0.2) is 0 Å². The summed E-state index contributed by atoms with van der Waals surface area (Å²) < 4.78 is 0. The number of hydrogen-bond donors (Lipinski definition) is 1. The van der Waals surface area contributed by atoms with Crippen molar-refractivity contribution < 1.29 is 9.90 Å². The van der Waals surface area contributed by atoms with Gasteiger partial charge in [-0.1, -0.05) is 44.2 Å². The standard InChI is InChI=1S/C20H28O2S/c1-14(21)11-17(15-7-5-4-6-8-15)23-13-20-10-9-16(12-18(20)22)19(20,2)3/h4-8,14,16-17,21H,9-13H2,1-3H3/t14-,16-,17?,20-/m0/s1. The van der Waals surface area contributed by atoms with Gasteiger partial charge in [-0.15, -0.1) is 0 Å². The van der Waals surface area contributed by atoms with Crippen LogP contribution in [0.25, 0.3) is 0 Å². The van der Waals surface area contributed by atoms with Gasteiger partial charge in [-0.25, -0.2) is 0 Å². The Hall–Kier alpha value is -0.800. The Morgan fingerprint density at radius 3 is 2.52 bits per heavy atom. The van der Waals surface area contributed by atoms with E-state index in [0.717, 1.165) is 25.0 Å². The highest BCUT2D eigenvalue weighted by molar-refractivity contribution is 7.99. The smallest absolute Gasteiger partial charge is 0.140 e. The zero-order valence-corrected chi connectivity index (χ0v) is 15.2. The third kappa shape index (κ3) is 2.87. The van der Waals surface area contributed by atoms with Crippen molar-refractivity contribution in [3.8, 4) is 0 Å². The molecular formula is C20H28O2S. The van der Waals surface area contributed by atoms with Crippen LogP contribution in [0.1, 0.15) is 57.3 Å². The molecule has 23 heavy (non-hydrogen) atoms. The molecule has 1 aromatic rings. The van der Waals surface area contributed by atoms with Crippen molar-refractivity contribution in [3.63, 3.8) is 0 Å². The second-order valence-electron chi connectivity index (χ2n) is 7.96. The van der Waals surface area contributed by atoms with E-state index in [0.29, 0.717) is 11.7 Å². The molecule has 0 radical (unpaired) electrons. The summed E-state index contributed by atoms with van der Waals surface area (Å²) in [6, 6.07) is 10.4. The lowest BCUT2D eigenvalue weighted by atomic mass is 9.70. The second kappa shape index (κ2) is 6.25. The topological polar surface area (TPSA) is 37.3 Å². The van der Waals surface area contributed by atoms with Crippen LogP contribution in [-0.2, 0) is 4.79 Å². The van der Waals surface area contributed by atoms with Crippen LogP contribution in [0.15, 0.2) is 30.3 Å². The van der Waals surface area contributed by atoms with Crippen LogP contribution in [-0.4, -0.2) is 22.7 Å². The van der Waals surface area contributed by atoms with E-state index in [1.54, 1.807) is 0 Å². The highest BCUT2D eigenvalue weighted by Crippen LogP contribution is 2.65. The molecule has 2 aliphatic carbocycles. The summed E-state index contributed by atoms with van der Waals surface area (Å²) >= 11 is 1.88. The monoisotopic (exact) mass is 332 g/mol. The zero-order chi connectivity index (χ0) is 16.7. The highest BCUT2D eigenvalue weighted by atomic mass is 32.2.